The first-order valence-corrected chi connectivity index (χ1v) is 7.36. The molecule has 0 fully saturated rings. The van der Waals surface area contributed by atoms with E-state index in [1.54, 1.807) is 24.3 Å². The van der Waals surface area contributed by atoms with Crippen LogP contribution < -0.4 is 5.32 Å². The number of halogens is 4. The van der Waals surface area contributed by atoms with Crippen LogP contribution in [-0.4, -0.2) is 34.5 Å². The number of carbonyl (C=O) groups excluding carboxylic acids is 1. The average Bonchev–Trinajstić information content (AvgIpc) is 2.38. The van der Waals surface area contributed by atoms with E-state index in [0.717, 1.165) is 11.8 Å². The first kappa shape index (κ1) is 18.6. The fourth-order valence-corrected chi connectivity index (χ4v) is 2.49. The SMILES string of the molecule is CC(Sc1ccc(Cl)cc1)C(=O)NC(CC(F)(F)F)C(=O)O. The van der Waals surface area contributed by atoms with Crippen LogP contribution in [0.2, 0.25) is 5.02 Å². The number of hydrogen-bond acceptors (Lipinski definition) is 3. The second kappa shape index (κ2) is 7.73. The molecule has 22 heavy (non-hydrogen) atoms. The fourth-order valence-electron chi connectivity index (χ4n) is 1.49. The number of hydrogen-bond donors (Lipinski definition) is 2. The molecule has 2 N–H and O–H groups in total. The number of carboxylic acids is 1. The quantitative estimate of drug-likeness (QED) is 0.768. The van der Waals surface area contributed by atoms with Gasteiger partial charge in [-0.1, -0.05) is 11.6 Å². The molecule has 0 aromatic heterocycles. The summed E-state index contributed by atoms with van der Waals surface area (Å²) in [7, 11) is 0. The van der Waals surface area contributed by atoms with Crippen molar-refractivity contribution in [3.8, 4) is 0 Å². The summed E-state index contributed by atoms with van der Waals surface area (Å²) in [5.41, 5.74) is 0. The molecule has 1 amide bonds. The van der Waals surface area contributed by atoms with Crippen LogP contribution in [0.4, 0.5) is 13.2 Å². The van der Waals surface area contributed by atoms with Crippen LogP contribution in [0.3, 0.4) is 0 Å². The zero-order valence-corrected chi connectivity index (χ0v) is 12.9. The molecule has 1 aromatic carbocycles. The van der Waals surface area contributed by atoms with Gasteiger partial charge in [-0.05, 0) is 31.2 Å². The molecular weight excluding hydrogens is 343 g/mol. The summed E-state index contributed by atoms with van der Waals surface area (Å²) in [5.74, 6) is -2.51. The van der Waals surface area contributed by atoms with E-state index in [1.807, 2.05) is 5.32 Å². The third kappa shape index (κ3) is 6.57. The van der Waals surface area contributed by atoms with Crippen molar-refractivity contribution in [3.63, 3.8) is 0 Å². The van der Waals surface area contributed by atoms with Gasteiger partial charge in [0.1, 0.15) is 6.04 Å². The van der Waals surface area contributed by atoms with Gasteiger partial charge in [0.15, 0.2) is 0 Å². The lowest BCUT2D eigenvalue weighted by Gasteiger charge is -2.18. The van der Waals surface area contributed by atoms with Gasteiger partial charge < -0.3 is 10.4 Å². The predicted octanol–water partition coefficient (Wildman–Crippen LogP) is 3.34. The molecule has 2 unspecified atom stereocenters. The highest BCUT2D eigenvalue weighted by molar-refractivity contribution is 8.00. The van der Waals surface area contributed by atoms with Crippen LogP contribution in [0.15, 0.2) is 29.2 Å². The van der Waals surface area contributed by atoms with E-state index in [2.05, 4.69) is 0 Å². The zero-order valence-electron chi connectivity index (χ0n) is 11.4. The van der Waals surface area contributed by atoms with E-state index in [0.29, 0.717) is 9.92 Å². The molecule has 4 nitrogen and oxygen atoms in total. The van der Waals surface area contributed by atoms with Crippen molar-refractivity contribution in [3.05, 3.63) is 29.3 Å². The standard InChI is InChI=1S/C13H13ClF3NO3S/c1-7(22-9-4-2-8(14)3-5-9)11(19)18-10(12(20)21)6-13(15,16)17/h2-5,7,10H,6H2,1H3,(H,18,19)(H,20,21). The summed E-state index contributed by atoms with van der Waals surface area (Å²) >= 11 is 6.80. The molecule has 0 aliphatic carbocycles. The van der Waals surface area contributed by atoms with Crippen LogP contribution in [0.5, 0.6) is 0 Å². The molecular formula is C13H13ClF3NO3S. The van der Waals surface area contributed by atoms with Gasteiger partial charge in [0.2, 0.25) is 5.91 Å². The molecule has 0 radical (unpaired) electrons. The summed E-state index contributed by atoms with van der Waals surface area (Å²) in [6.45, 7) is 1.47. The summed E-state index contributed by atoms with van der Waals surface area (Å²) in [6, 6.07) is 4.53. The normalized spacial score (nSPS) is 14.2. The lowest BCUT2D eigenvalue weighted by molar-refractivity contribution is -0.159. The maximum atomic E-state index is 12.3. The van der Waals surface area contributed by atoms with Crippen molar-refractivity contribution >= 4 is 35.2 Å². The van der Waals surface area contributed by atoms with Gasteiger partial charge in [0.05, 0.1) is 11.7 Å². The average molecular weight is 356 g/mol. The van der Waals surface area contributed by atoms with E-state index in [9.17, 15) is 22.8 Å². The molecule has 1 aromatic rings. The lowest BCUT2D eigenvalue weighted by atomic mass is 10.2. The Kier molecular flexibility index (Phi) is 6.55. The molecule has 0 heterocycles. The molecule has 0 saturated heterocycles. The number of thioether (sulfide) groups is 1. The number of aliphatic carboxylic acids is 1. The van der Waals surface area contributed by atoms with Gasteiger partial charge >= 0.3 is 12.1 Å². The zero-order chi connectivity index (χ0) is 16.9. The van der Waals surface area contributed by atoms with E-state index in [1.165, 1.54) is 6.92 Å². The molecule has 0 bridgehead atoms. The second-order valence-electron chi connectivity index (χ2n) is 4.43. The van der Waals surface area contributed by atoms with Crippen LogP contribution in [-0.2, 0) is 9.59 Å². The van der Waals surface area contributed by atoms with E-state index in [-0.39, 0.29) is 0 Å². The second-order valence-corrected chi connectivity index (χ2v) is 6.28. The van der Waals surface area contributed by atoms with E-state index >= 15 is 0 Å². The third-order valence-electron chi connectivity index (χ3n) is 2.55. The summed E-state index contributed by atoms with van der Waals surface area (Å²) in [6.07, 6.45) is -6.30. The van der Waals surface area contributed by atoms with Crippen molar-refractivity contribution in [1.29, 1.82) is 0 Å². The Morgan fingerprint density at radius 1 is 1.32 bits per heavy atom. The van der Waals surface area contributed by atoms with Crippen LogP contribution >= 0.6 is 23.4 Å². The minimum atomic E-state index is -4.68. The molecule has 9 heteroatoms. The van der Waals surface area contributed by atoms with Crippen molar-refractivity contribution < 1.29 is 27.9 Å². The van der Waals surface area contributed by atoms with Crippen molar-refractivity contribution in [1.82, 2.24) is 5.32 Å². The van der Waals surface area contributed by atoms with Gasteiger partial charge in [-0.3, -0.25) is 4.79 Å². The summed E-state index contributed by atoms with van der Waals surface area (Å²) in [4.78, 5) is 23.3. The van der Waals surface area contributed by atoms with Crippen molar-refractivity contribution in [2.45, 2.75) is 35.7 Å². The topological polar surface area (TPSA) is 66.4 Å². The van der Waals surface area contributed by atoms with Crippen LogP contribution in [0.1, 0.15) is 13.3 Å². The first-order valence-electron chi connectivity index (χ1n) is 6.10. The lowest BCUT2D eigenvalue weighted by Crippen LogP contribution is -2.46. The Bertz CT molecular complexity index is 536. The number of carboxylic acid groups (broad SMARTS) is 1. The summed E-state index contributed by atoms with van der Waals surface area (Å²) < 4.78 is 36.8. The number of alkyl halides is 3. The molecule has 122 valence electrons. The van der Waals surface area contributed by atoms with E-state index < -0.39 is 35.8 Å². The maximum absolute atomic E-state index is 12.3. The van der Waals surface area contributed by atoms with Crippen LogP contribution in [0, 0.1) is 0 Å². The number of benzene rings is 1. The Hall–Kier alpha value is -1.41. The monoisotopic (exact) mass is 355 g/mol. The highest BCUT2D eigenvalue weighted by Gasteiger charge is 2.36. The van der Waals surface area contributed by atoms with Gasteiger partial charge in [-0.2, -0.15) is 13.2 Å². The fraction of sp³-hybridized carbons (Fsp3) is 0.385. The number of nitrogens with one attached hydrogen (secondary N) is 1. The Balaban J connectivity index is 2.65. The molecule has 0 saturated carbocycles. The third-order valence-corrected chi connectivity index (χ3v) is 3.91. The Morgan fingerprint density at radius 2 is 1.86 bits per heavy atom. The minimum Gasteiger partial charge on any atom is -0.480 e. The van der Waals surface area contributed by atoms with Gasteiger partial charge in [-0.25, -0.2) is 4.79 Å². The predicted molar refractivity (Wildman–Crippen MR) is 77.0 cm³/mol. The maximum Gasteiger partial charge on any atom is 0.391 e. The van der Waals surface area contributed by atoms with Crippen molar-refractivity contribution in [2.75, 3.05) is 0 Å². The highest BCUT2D eigenvalue weighted by Crippen LogP contribution is 2.26. The Labute approximate surface area is 134 Å². The van der Waals surface area contributed by atoms with Gasteiger partial charge in [0, 0.05) is 9.92 Å². The largest absolute Gasteiger partial charge is 0.480 e. The number of rotatable bonds is 6. The molecule has 1 rings (SSSR count). The highest BCUT2D eigenvalue weighted by atomic mass is 35.5. The molecule has 2 atom stereocenters. The van der Waals surface area contributed by atoms with Crippen LogP contribution in [0.25, 0.3) is 0 Å². The minimum absolute atomic E-state index is 0.512. The van der Waals surface area contributed by atoms with E-state index in [4.69, 9.17) is 16.7 Å². The number of carbonyl (C=O) groups is 2. The summed E-state index contributed by atoms with van der Waals surface area (Å²) in [5, 5.41) is 10.4. The van der Waals surface area contributed by atoms with Gasteiger partial charge in [-0.15, -0.1) is 11.8 Å². The number of amides is 1. The molecule has 0 spiro atoms. The molecule has 0 aliphatic rings. The molecule has 0 aliphatic heterocycles. The smallest absolute Gasteiger partial charge is 0.391 e. The first-order chi connectivity index (χ1) is 10.1. The Morgan fingerprint density at radius 3 is 2.32 bits per heavy atom. The van der Waals surface area contributed by atoms with Gasteiger partial charge in [0.25, 0.3) is 0 Å². The van der Waals surface area contributed by atoms with Crippen molar-refractivity contribution in [2.24, 2.45) is 0 Å².